The second-order valence-corrected chi connectivity index (χ2v) is 17.0. The van der Waals surface area contributed by atoms with Crippen molar-refractivity contribution in [3.05, 3.63) is 0 Å². The monoisotopic (exact) mass is 876 g/mol. The van der Waals surface area contributed by atoms with Crippen molar-refractivity contribution < 1.29 is 115 Å². The van der Waals surface area contributed by atoms with Gasteiger partial charge in [-0.2, -0.15) is 0 Å². The van der Waals surface area contributed by atoms with Crippen molar-refractivity contribution in [3.8, 4) is 0 Å². The first-order valence-electron chi connectivity index (χ1n) is 17.6. The van der Waals surface area contributed by atoms with Crippen LogP contribution in [-0.4, -0.2) is 264 Å². The lowest BCUT2D eigenvalue weighted by molar-refractivity contribution is -0.322. The Kier molecular flexibility index (Phi) is 17.1. The summed E-state index contributed by atoms with van der Waals surface area (Å²) >= 11 is 5.21. The maximum atomic E-state index is 11.2. The highest BCUT2D eigenvalue weighted by Gasteiger charge is 2.56. The number of aliphatic hydroxyl groups is 16. The zero-order chi connectivity index (χ0) is 41.3. The molecule has 0 aromatic carbocycles. The highest BCUT2D eigenvalue weighted by Crippen LogP contribution is 2.42. The summed E-state index contributed by atoms with van der Waals surface area (Å²) in [6.45, 7) is -3.92. The van der Waals surface area contributed by atoms with Gasteiger partial charge in [0.25, 0.3) is 0 Å². The zero-order valence-electron chi connectivity index (χ0n) is 29.2. The molecule has 0 aliphatic carbocycles. The first-order valence-corrected chi connectivity index (χ1v) is 20.0. The van der Waals surface area contributed by atoms with E-state index < -0.39 is 182 Å². The fourth-order valence-electron chi connectivity index (χ4n) is 7.03. The summed E-state index contributed by atoms with van der Waals surface area (Å²) in [5, 5.41) is 165. The van der Waals surface area contributed by atoms with E-state index in [2.05, 4.69) is 12.6 Å². The lowest BCUT2D eigenvalue weighted by Crippen LogP contribution is -2.65. The Bertz CT molecular complexity index is 1210. The van der Waals surface area contributed by atoms with E-state index in [9.17, 15) is 81.7 Å². The Labute approximate surface area is 332 Å². The second kappa shape index (κ2) is 20.3. The van der Waals surface area contributed by atoms with Gasteiger partial charge in [-0.05, 0) is 0 Å². The molecule has 5 rings (SSSR count). The van der Waals surface area contributed by atoms with Crippen LogP contribution in [0.15, 0.2) is 0 Å². The highest BCUT2D eigenvalue weighted by molar-refractivity contribution is 8.00. The van der Waals surface area contributed by atoms with Gasteiger partial charge < -0.3 is 115 Å². The third-order valence-electron chi connectivity index (χ3n) is 10.3. The van der Waals surface area contributed by atoms with Gasteiger partial charge in [0.05, 0.1) is 68.0 Å². The third-order valence-corrected chi connectivity index (χ3v) is 13.9. The number of rotatable bonds is 13. The van der Waals surface area contributed by atoms with E-state index in [4.69, 9.17) is 33.2 Å². The van der Waals surface area contributed by atoms with Crippen molar-refractivity contribution in [2.75, 3.05) is 33.0 Å². The first-order chi connectivity index (χ1) is 26.5. The molecular weight excluding hydrogens is 825 g/mol. The number of thioether (sulfide) groups is 2. The molecule has 0 aromatic rings. The summed E-state index contributed by atoms with van der Waals surface area (Å²) in [5.74, 6) is 0. The molecule has 0 bridgehead atoms. The number of ether oxygens (including phenoxy) is 7. The van der Waals surface area contributed by atoms with Crippen LogP contribution in [0.3, 0.4) is 0 Å². The minimum atomic E-state index is -1.94. The fraction of sp³-hybridized carbons (Fsp3) is 1.00. The van der Waals surface area contributed by atoms with Crippen LogP contribution >= 0.6 is 36.2 Å². The van der Waals surface area contributed by atoms with Gasteiger partial charge in [-0.1, -0.05) is 0 Å². The lowest BCUT2D eigenvalue weighted by atomic mass is 9.98. The van der Waals surface area contributed by atoms with Crippen LogP contribution < -0.4 is 0 Å². The molecule has 0 amide bonds. The molecule has 23 nitrogen and oxygen atoms in total. The molecule has 5 aliphatic rings. The van der Waals surface area contributed by atoms with Crippen LogP contribution in [-0.2, 0) is 33.2 Å². The number of thiol groups is 1. The minimum absolute atomic E-state index is 0.592. The van der Waals surface area contributed by atoms with Crippen molar-refractivity contribution in [2.24, 2.45) is 0 Å². The average molecular weight is 877 g/mol. The molecule has 0 spiro atoms. The summed E-state index contributed by atoms with van der Waals surface area (Å²) in [6, 6.07) is 0. The first kappa shape index (κ1) is 47.2. The number of hydrogen-bond acceptors (Lipinski definition) is 26. The summed E-state index contributed by atoms with van der Waals surface area (Å²) in [6.07, 6.45) is -33.2. The van der Waals surface area contributed by atoms with Crippen LogP contribution in [0.25, 0.3) is 0 Å². The van der Waals surface area contributed by atoms with Crippen LogP contribution in [0.4, 0.5) is 0 Å². The summed E-state index contributed by atoms with van der Waals surface area (Å²) in [4.78, 5) is 0. The Balaban J connectivity index is 1.22. The van der Waals surface area contributed by atoms with Crippen LogP contribution in [0.2, 0.25) is 0 Å². The molecule has 5 heterocycles. The van der Waals surface area contributed by atoms with Crippen molar-refractivity contribution in [1.29, 1.82) is 0 Å². The maximum Gasteiger partial charge on any atom is 0.187 e. The molecule has 328 valence electrons. The molecule has 0 aromatic heterocycles. The molecule has 5 aliphatic heterocycles. The van der Waals surface area contributed by atoms with E-state index in [1.807, 2.05) is 0 Å². The molecule has 5 saturated heterocycles. The van der Waals surface area contributed by atoms with Crippen molar-refractivity contribution in [1.82, 2.24) is 0 Å². The van der Waals surface area contributed by atoms with Gasteiger partial charge in [-0.15, -0.1) is 36.2 Å². The normalized spacial score (nSPS) is 53.2. The molecule has 0 radical (unpaired) electrons. The van der Waals surface area contributed by atoms with Crippen LogP contribution in [0, 0.1) is 0 Å². The van der Waals surface area contributed by atoms with Gasteiger partial charge in [-0.3, -0.25) is 0 Å². The van der Waals surface area contributed by atoms with Gasteiger partial charge in [0, 0.05) is 0 Å². The minimum Gasteiger partial charge on any atom is -0.394 e. The van der Waals surface area contributed by atoms with Crippen LogP contribution in [0.5, 0.6) is 0 Å². The molecule has 0 saturated carbocycles. The van der Waals surface area contributed by atoms with E-state index in [0.717, 1.165) is 0 Å². The summed E-state index contributed by atoms with van der Waals surface area (Å²) < 4.78 is 39.3. The van der Waals surface area contributed by atoms with Crippen LogP contribution in [0.1, 0.15) is 0 Å². The Morgan fingerprint density at radius 1 is 0.375 bits per heavy atom. The molecular formula is C30H52O23S3. The van der Waals surface area contributed by atoms with Crippen molar-refractivity contribution in [3.63, 3.8) is 0 Å². The maximum absolute atomic E-state index is 11.2. The topological polar surface area (TPSA) is 388 Å². The van der Waals surface area contributed by atoms with Crippen molar-refractivity contribution >= 4 is 36.2 Å². The van der Waals surface area contributed by atoms with Gasteiger partial charge in [0.2, 0.25) is 0 Å². The molecule has 56 heavy (non-hydrogen) atoms. The van der Waals surface area contributed by atoms with E-state index in [1.54, 1.807) is 0 Å². The van der Waals surface area contributed by atoms with Crippen molar-refractivity contribution in [2.45, 2.75) is 149 Å². The Morgan fingerprint density at radius 3 is 1.18 bits per heavy atom. The second-order valence-electron chi connectivity index (χ2n) is 13.9. The average Bonchev–Trinajstić information content (AvgIpc) is 3.19. The van der Waals surface area contributed by atoms with Gasteiger partial charge in [0.1, 0.15) is 102 Å². The van der Waals surface area contributed by atoms with E-state index in [1.165, 1.54) is 0 Å². The Hall–Kier alpha value is 0.130. The predicted molar refractivity (Wildman–Crippen MR) is 186 cm³/mol. The molecule has 16 N–H and O–H groups in total. The van der Waals surface area contributed by atoms with Gasteiger partial charge in [0.15, 0.2) is 12.6 Å². The zero-order valence-corrected chi connectivity index (χ0v) is 31.8. The smallest absolute Gasteiger partial charge is 0.187 e. The van der Waals surface area contributed by atoms with Gasteiger partial charge in [-0.25, -0.2) is 0 Å². The predicted octanol–water partition coefficient (Wildman–Crippen LogP) is -9.55. The molecule has 25 unspecified atom stereocenters. The lowest BCUT2D eigenvalue weighted by Gasteiger charge is -2.49. The number of aliphatic hydroxyl groups excluding tert-OH is 16. The Morgan fingerprint density at radius 2 is 0.750 bits per heavy atom. The van der Waals surface area contributed by atoms with E-state index >= 15 is 0 Å². The third kappa shape index (κ3) is 9.60. The highest BCUT2D eigenvalue weighted by atomic mass is 32.2. The quantitative estimate of drug-likeness (QED) is 0.0764. The largest absolute Gasteiger partial charge is 0.394 e. The molecule has 5 fully saturated rings. The van der Waals surface area contributed by atoms with E-state index in [0.29, 0.717) is 23.5 Å². The SMILES string of the molecule is OCC1OC(SC2C(CO)OC(OC3C(CO)OC(SC4C(CO)OC(OC5C(CO)OC(S)C(O)C5O)C(O)C4O)C(O)C3O)C(O)C2O)C(O)C(O)C1O. The summed E-state index contributed by atoms with van der Waals surface area (Å²) in [7, 11) is 0. The van der Waals surface area contributed by atoms with E-state index in [-0.39, 0.29) is 0 Å². The molecule has 25 atom stereocenters. The van der Waals surface area contributed by atoms with Gasteiger partial charge >= 0.3 is 0 Å². The summed E-state index contributed by atoms with van der Waals surface area (Å²) in [5.41, 5.74) is -4.07. The standard InChI is InChI=1S/C30H52O23S3/c31-1-6-11(36)12(37)20(45)29(50-6)55-24-9(4-34)48-27(18(43)15(24)40)53-23-8(3-33)51-30(21(46)14(23)39)56-25-10(5-35)47-26(17(42)16(25)41)52-22-7(2-32)49-28(54)19(44)13(22)38/h6-46,54H,1-5H2. The molecule has 26 heteroatoms. The number of hydrogen-bond donors (Lipinski definition) is 17. The fourth-order valence-corrected chi connectivity index (χ4v) is 10.3.